The van der Waals surface area contributed by atoms with Crippen LogP contribution in [0.15, 0.2) is 0 Å². The average molecular weight is 535 g/mol. The lowest BCUT2D eigenvalue weighted by molar-refractivity contribution is -0.121. The van der Waals surface area contributed by atoms with Crippen LogP contribution in [0.5, 0.6) is 0 Å². The summed E-state index contributed by atoms with van der Waals surface area (Å²) in [4.78, 5) is 12.2. The molecule has 0 heterocycles. The number of amides is 1. The lowest BCUT2D eigenvalue weighted by Crippen LogP contribution is -2.28. The van der Waals surface area contributed by atoms with E-state index in [1.165, 1.54) is 179 Å². The van der Waals surface area contributed by atoms with E-state index in [0.29, 0.717) is 6.42 Å². The van der Waals surface area contributed by atoms with Crippen molar-refractivity contribution >= 4 is 5.91 Å². The zero-order valence-electron chi connectivity index (χ0n) is 26.8. The summed E-state index contributed by atoms with van der Waals surface area (Å²) in [5, 5.41) is 3.20. The smallest absolute Gasteiger partial charge is 0.220 e. The van der Waals surface area contributed by atoms with E-state index in [4.69, 9.17) is 0 Å². The molecule has 0 saturated carbocycles. The van der Waals surface area contributed by atoms with Gasteiger partial charge in [0.1, 0.15) is 0 Å². The van der Waals surface area contributed by atoms with Crippen molar-refractivity contribution in [3.63, 3.8) is 0 Å². The summed E-state index contributed by atoms with van der Waals surface area (Å²) in [6, 6.07) is 0. The molecular weight excluding hydrogens is 462 g/mol. The van der Waals surface area contributed by atoms with Crippen molar-refractivity contribution in [2.45, 2.75) is 213 Å². The molecule has 0 aromatic heterocycles. The molecule has 0 aliphatic heterocycles. The molecule has 227 valence electrons. The first-order valence-corrected chi connectivity index (χ1v) is 17.8. The lowest BCUT2D eigenvalue weighted by atomic mass is 9.97. The lowest BCUT2D eigenvalue weighted by Gasteiger charge is -2.15. The van der Waals surface area contributed by atoms with Crippen LogP contribution >= 0.6 is 0 Å². The molecule has 0 aliphatic rings. The van der Waals surface area contributed by atoms with E-state index >= 15 is 0 Å². The molecular formula is C36H72NO. The van der Waals surface area contributed by atoms with E-state index in [2.05, 4.69) is 26.1 Å². The van der Waals surface area contributed by atoms with Crippen LogP contribution in [0.25, 0.3) is 0 Å². The van der Waals surface area contributed by atoms with E-state index in [0.717, 1.165) is 19.4 Å². The van der Waals surface area contributed by atoms with E-state index in [1.54, 1.807) is 0 Å². The molecule has 2 nitrogen and oxygen atoms in total. The summed E-state index contributed by atoms with van der Waals surface area (Å²) in [6.45, 7) is 7.64. The topological polar surface area (TPSA) is 29.1 Å². The SMILES string of the molecule is CCCCCCCCCCCCCCCCCC(=O)NC[C](CC)CCCCCCCCCCCCCC. The zero-order chi connectivity index (χ0) is 27.8. The van der Waals surface area contributed by atoms with Gasteiger partial charge in [-0.15, -0.1) is 0 Å². The molecule has 0 unspecified atom stereocenters. The van der Waals surface area contributed by atoms with Crippen molar-refractivity contribution in [2.24, 2.45) is 0 Å². The van der Waals surface area contributed by atoms with Gasteiger partial charge in [-0.3, -0.25) is 4.79 Å². The van der Waals surface area contributed by atoms with Crippen LogP contribution in [0.3, 0.4) is 0 Å². The molecule has 0 rings (SSSR count). The highest BCUT2D eigenvalue weighted by Crippen LogP contribution is 2.18. The quantitative estimate of drug-likeness (QED) is 0.0854. The summed E-state index contributed by atoms with van der Waals surface area (Å²) in [6.07, 6.45) is 40.4. The molecule has 1 radical (unpaired) electrons. The van der Waals surface area contributed by atoms with E-state index < -0.39 is 0 Å². The van der Waals surface area contributed by atoms with E-state index in [-0.39, 0.29) is 5.91 Å². The molecule has 2 heteroatoms. The van der Waals surface area contributed by atoms with Crippen LogP contribution in [0.2, 0.25) is 0 Å². The maximum atomic E-state index is 12.2. The molecule has 1 N–H and O–H groups in total. The molecule has 0 spiro atoms. The van der Waals surface area contributed by atoms with Gasteiger partial charge in [0.25, 0.3) is 0 Å². The highest BCUT2D eigenvalue weighted by atomic mass is 16.1. The van der Waals surface area contributed by atoms with Crippen LogP contribution < -0.4 is 5.32 Å². The summed E-state index contributed by atoms with van der Waals surface area (Å²) in [5.74, 6) is 1.79. The maximum Gasteiger partial charge on any atom is 0.220 e. The Hall–Kier alpha value is -0.530. The van der Waals surface area contributed by atoms with Crippen molar-refractivity contribution in [2.75, 3.05) is 6.54 Å². The van der Waals surface area contributed by atoms with Crippen molar-refractivity contribution in [3.05, 3.63) is 5.92 Å². The minimum absolute atomic E-state index is 0.264. The van der Waals surface area contributed by atoms with Crippen molar-refractivity contribution in [3.8, 4) is 0 Å². The normalized spacial score (nSPS) is 11.5. The van der Waals surface area contributed by atoms with E-state index in [9.17, 15) is 4.79 Å². The Labute approximate surface area is 241 Å². The second kappa shape index (κ2) is 32.7. The van der Waals surface area contributed by atoms with Crippen molar-refractivity contribution in [1.29, 1.82) is 0 Å². The van der Waals surface area contributed by atoms with Gasteiger partial charge in [0.15, 0.2) is 0 Å². The van der Waals surface area contributed by atoms with Gasteiger partial charge in [-0.25, -0.2) is 0 Å². The highest BCUT2D eigenvalue weighted by molar-refractivity contribution is 5.75. The van der Waals surface area contributed by atoms with Crippen LogP contribution in [0.4, 0.5) is 0 Å². The van der Waals surface area contributed by atoms with Gasteiger partial charge in [0.2, 0.25) is 5.91 Å². The number of hydrogen-bond donors (Lipinski definition) is 1. The van der Waals surface area contributed by atoms with Crippen LogP contribution in [-0.2, 0) is 4.79 Å². The number of unbranched alkanes of at least 4 members (excludes halogenated alkanes) is 25. The Morgan fingerprint density at radius 3 is 1.00 bits per heavy atom. The van der Waals surface area contributed by atoms with Gasteiger partial charge in [0, 0.05) is 13.0 Å². The van der Waals surface area contributed by atoms with Crippen molar-refractivity contribution < 1.29 is 4.79 Å². The Balaban J connectivity index is 3.38. The first kappa shape index (κ1) is 37.5. The Bertz CT molecular complexity index is 449. The monoisotopic (exact) mass is 535 g/mol. The standard InChI is InChI=1S/C36H72NO/c1-4-7-9-11-13-15-17-19-20-21-23-25-27-29-31-33-36(38)37-34-35(6-3)32-30-28-26-24-22-18-16-14-12-10-8-5-2/h4-34H2,1-3H3,(H,37,38). The predicted octanol–water partition coefficient (Wildman–Crippen LogP) is 12.4. The Kier molecular flexibility index (Phi) is 32.2. The minimum Gasteiger partial charge on any atom is -0.356 e. The predicted molar refractivity (Wildman–Crippen MR) is 172 cm³/mol. The number of nitrogens with one attached hydrogen (secondary N) is 1. The molecule has 0 atom stereocenters. The third-order valence-electron chi connectivity index (χ3n) is 8.43. The third kappa shape index (κ3) is 30.0. The summed E-state index contributed by atoms with van der Waals surface area (Å²) < 4.78 is 0. The van der Waals surface area contributed by atoms with Gasteiger partial charge in [0.05, 0.1) is 0 Å². The number of hydrogen-bond acceptors (Lipinski definition) is 1. The van der Waals surface area contributed by atoms with Gasteiger partial charge >= 0.3 is 0 Å². The number of rotatable bonds is 32. The number of carbonyl (C=O) groups excluding carboxylic acids is 1. The number of carbonyl (C=O) groups is 1. The Morgan fingerprint density at radius 2 is 0.684 bits per heavy atom. The molecule has 0 fully saturated rings. The molecule has 0 saturated heterocycles. The van der Waals surface area contributed by atoms with Crippen LogP contribution in [0.1, 0.15) is 213 Å². The molecule has 0 aromatic carbocycles. The summed E-state index contributed by atoms with van der Waals surface area (Å²) >= 11 is 0. The highest BCUT2D eigenvalue weighted by Gasteiger charge is 2.09. The van der Waals surface area contributed by atoms with Gasteiger partial charge in [-0.1, -0.05) is 188 Å². The molecule has 0 aliphatic carbocycles. The minimum atomic E-state index is 0.264. The van der Waals surface area contributed by atoms with Gasteiger partial charge in [-0.2, -0.15) is 0 Å². The van der Waals surface area contributed by atoms with Crippen LogP contribution in [0, 0.1) is 5.92 Å². The summed E-state index contributed by atoms with van der Waals surface area (Å²) in [7, 11) is 0. The second-order valence-corrected chi connectivity index (χ2v) is 12.2. The fourth-order valence-electron chi connectivity index (χ4n) is 5.58. The van der Waals surface area contributed by atoms with Crippen molar-refractivity contribution in [1.82, 2.24) is 5.32 Å². The first-order chi connectivity index (χ1) is 18.7. The zero-order valence-corrected chi connectivity index (χ0v) is 26.8. The molecule has 38 heavy (non-hydrogen) atoms. The fourth-order valence-corrected chi connectivity index (χ4v) is 5.58. The van der Waals surface area contributed by atoms with Gasteiger partial charge < -0.3 is 5.32 Å². The Morgan fingerprint density at radius 1 is 0.395 bits per heavy atom. The maximum absolute atomic E-state index is 12.2. The summed E-state index contributed by atoms with van der Waals surface area (Å²) in [5.41, 5.74) is 0. The van der Waals surface area contributed by atoms with Gasteiger partial charge in [-0.05, 0) is 25.2 Å². The molecule has 0 aromatic rings. The molecule has 0 bridgehead atoms. The van der Waals surface area contributed by atoms with E-state index in [1.807, 2.05) is 0 Å². The molecule has 1 amide bonds. The average Bonchev–Trinajstić information content (AvgIpc) is 2.93. The fraction of sp³-hybridized carbons (Fsp3) is 0.944. The third-order valence-corrected chi connectivity index (χ3v) is 8.43. The van der Waals surface area contributed by atoms with Crippen LogP contribution in [-0.4, -0.2) is 12.5 Å². The largest absolute Gasteiger partial charge is 0.356 e. The second-order valence-electron chi connectivity index (χ2n) is 12.2. The first-order valence-electron chi connectivity index (χ1n) is 17.8.